The molecule has 2 aromatic rings. The van der Waals surface area contributed by atoms with Crippen LogP contribution < -0.4 is 0 Å². The summed E-state index contributed by atoms with van der Waals surface area (Å²) in [4.78, 5) is 0. The highest BCUT2D eigenvalue weighted by Gasteiger charge is 1.95. The molecule has 0 heterocycles. The van der Waals surface area contributed by atoms with Gasteiger partial charge in [0.25, 0.3) is 0 Å². The molecule has 0 fully saturated rings. The van der Waals surface area contributed by atoms with Gasteiger partial charge in [0.05, 0.1) is 0 Å². The molecule has 0 amide bonds. The van der Waals surface area contributed by atoms with Crippen LogP contribution >= 0.6 is 0 Å². The zero-order chi connectivity index (χ0) is 10.7. The summed E-state index contributed by atoms with van der Waals surface area (Å²) in [6, 6.07) is 14.1. The summed E-state index contributed by atoms with van der Waals surface area (Å²) in [6.45, 7) is 1.81. The molecule has 0 nitrogen and oxygen atoms in total. The Morgan fingerprint density at radius 2 is 1.87 bits per heavy atom. The summed E-state index contributed by atoms with van der Waals surface area (Å²) in [6.07, 6.45) is 2.04. The predicted octanol–water partition coefficient (Wildman–Crippen LogP) is 4.56. The molecule has 0 saturated heterocycles. The number of halogens is 1. The van der Waals surface area contributed by atoms with Crippen LogP contribution in [0, 0.1) is 0 Å². The van der Waals surface area contributed by atoms with Crippen LogP contribution in [0.4, 0.5) is 4.39 Å². The molecule has 1 heteroatoms. The highest BCUT2D eigenvalue weighted by molar-refractivity contribution is 5.84. The summed E-state index contributed by atoms with van der Waals surface area (Å²) in [5.41, 5.74) is 0.924. The fourth-order valence-electron chi connectivity index (χ4n) is 1.58. The quantitative estimate of drug-likeness (QED) is 0.666. The first-order valence-electron chi connectivity index (χ1n) is 5.14. The molecular weight excluding hydrogens is 187 g/mol. The van der Waals surface area contributed by atoms with E-state index in [0.717, 1.165) is 10.9 Å². The fourth-order valence-corrected chi connectivity index (χ4v) is 1.58. The lowest BCUT2D eigenvalue weighted by Gasteiger charge is -1.99. The van der Waals surface area contributed by atoms with Crippen molar-refractivity contribution in [3.63, 3.8) is 0 Å². The van der Waals surface area contributed by atoms with Crippen LogP contribution in [0.2, 0.25) is 0 Å². The monoisotopic (exact) mass is 200 g/mol. The van der Waals surface area contributed by atoms with E-state index in [1.165, 1.54) is 5.39 Å². The van der Waals surface area contributed by atoms with E-state index in [-0.39, 0.29) is 5.83 Å². The summed E-state index contributed by atoms with van der Waals surface area (Å²) in [7, 11) is 0. The Hall–Kier alpha value is -1.63. The Morgan fingerprint density at radius 3 is 2.60 bits per heavy atom. The SMILES string of the molecule is CC/C(F)=C/c1ccc2ccccc2c1. The molecule has 2 aromatic carbocycles. The van der Waals surface area contributed by atoms with Gasteiger partial charge < -0.3 is 0 Å². The standard InChI is InChI=1S/C14H13F/c1-2-14(15)10-11-7-8-12-5-3-4-6-13(12)9-11/h3-10H,2H2,1H3/b14-10-. The third-order valence-corrected chi connectivity index (χ3v) is 2.43. The first-order valence-corrected chi connectivity index (χ1v) is 5.14. The van der Waals surface area contributed by atoms with Crippen molar-refractivity contribution in [2.75, 3.05) is 0 Å². The molecule has 0 N–H and O–H groups in total. The number of hydrogen-bond donors (Lipinski definition) is 0. The van der Waals surface area contributed by atoms with Crippen LogP contribution in [-0.2, 0) is 0 Å². The van der Waals surface area contributed by atoms with Gasteiger partial charge in [0.15, 0.2) is 0 Å². The molecule has 0 atom stereocenters. The molecule has 76 valence electrons. The Morgan fingerprint density at radius 1 is 1.13 bits per heavy atom. The smallest absolute Gasteiger partial charge is 0.100 e. The predicted molar refractivity (Wildman–Crippen MR) is 63.3 cm³/mol. The van der Waals surface area contributed by atoms with E-state index in [0.29, 0.717) is 6.42 Å². The molecule has 0 bridgehead atoms. The number of hydrogen-bond acceptors (Lipinski definition) is 0. The van der Waals surface area contributed by atoms with E-state index in [4.69, 9.17) is 0 Å². The summed E-state index contributed by atoms with van der Waals surface area (Å²) >= 11 is 0. The van der Waals surface area contributed by atoms with Crippen LogP contribution in [0.3, 0.4) is 0 Å². The van der Waals surface area contributed by atoms with Gasteiger partial charge in [-0.05, 0) is 34.9 Å². The van der Waals surface area contributed by atoms with Gasteiger partial charge in [-0.25, -0.2) is 4.39 Å². The normalized spacial score (nSPS) is 12.0. The average Bonchev–Trinajstić information content (AvgIpc) is 2.29. The maximum Gasteiger partial charge on any atom is 0.100 e. The first kappa shape index (κ1) is 9.91. The minimum Gasteiger partial charge on any atom is -0.212 e. The van der Waals surface area contributed by atoms with Crippen molar-refractivity contribution in [3.8, 4) is 0 Å². The fraction of sp³-hybridized carbons (Fsp3) is 0.143. The van der Waals surface area contributed by atoms with Crippen molar-refractivity contribution in [1.29, 1.82) is 0 Å². The lowest BCUT2D eigenvalue weighted by molar-refractivity contribution is 0.612. The second-order valence-electron chi connectivity index (χ2n) is 3.55. The minimum absolute atomic E-state index is 0.0784. The molecule has 0 aliphatic rings. The van der Waals surface area contributed by atoms with Crippen LogP contribution in [0.15, 0.2) is 48.3 Å². The minimum atomic E-state index is -0.0784. The van der Waals surface area contributed by atoms with Crippen molar-refractivity contribution in [2.45, 2.75) is 13.3 Å². The molecule has 0 aliphatic carbocycles. The summed E-state index contributed by atoms with van der Waals surface area (Å²) < 4.78 is 13.1. The molecule has 0 aliphatic heterocycles. The van der Waals surface area contributed by atoms with Crippen molar-refractivity contribution in [1.82, 2.24) is 0 Å². The third-order valence-electron chi connectivity index (χ3n) is 2.43. The number of fused-ring (bicyclic) bond motifs is 1. The Bertz CT molecular complexity index is 497. The lowest BCUT2D eigenvalue weighted by Crippen LogP contribution is -1.76. The van der Waals surface area contributed by atoms with Crippen LogP contribution in [-0.4, -0.2) is 0 Å². The summed E-state index contributed by atoms with van der Waals surface area (Å²) in [5, 5.41) is 2.33. The molecule has 0 unspecified atom stereocenters. The number of allylic oxidation sites excluding steroid dienone is 1. The van der Waals surface area contributed by atoms with Gasteiger partial charge >= 0.3 is 0 Å². The molecule has 0 aromatic heterocycles. The van der Waals surface area contributed by atoms with E-state index in [1.54, 1.807) is 6.08 Å². The zero-order valence-corrected chi connectivity index (χ0v) is 8.70. The van der Waals surface area contributed by atoms with Gasteiger partial charge in [0.2, 0.25) is 0 Å². The van der Waals surface area contributed by atoms with Gasteiger partial charge in [-0.2, -0.15) is 0 Å². The third kappa shape index (κ3) is 2.24. The largest absolute Gasteiger partial charge is 0.212 e. The van der Waals surface area contributed by atoms with Crippen LogP contribution in [0.5, 0.6) is 0 Å². The van der Waals surface area contributed by atoms with Crippen molar-refractivity contribution in [2.24, 2.45) is 0 Å². The Labute approximate surface area is 89.0 Å². The Kier molecular flexibility index (Phi) is 2.82. The van der Waals surface area contributed by atoms with Crippen molar-refractivity contribution >= 4 is 16.8 Å². The van der Waals surface area contributed by atoms with Gasteiger partial charge in [-0.15, -0.1) is 0 Å². The highest BCUT2D eigenvalue weighted by atomic mass is 19.1. The van der Waals surface area contributed by atoms with E-state index in [1.807, 2.05) is 43.3 Å². The average molecular weight is 200 g/mol. The second-order valence-corrected chi connectivity index (χ2v) is 3.55. The maximum atomic E-state index is 13.1. The summed E-state index contributed by atoms with van der Waals surface area (Å²) in [5.74, 6) is -0.0784. The molecule has 0 saturated carbocycles. The van der Waals surface area contributed by atoms with Gasteiger partial charge in [0.1, 0.15) is 5.83 Å². The molecule has 15 heavy (non-hydrogen) atoms. The molecular formula is C14H13F. The molecule has 2 rings (SSSR count). The maximum absolute atomic E-state index is 13.1. The van der Waals surface area contributed by atoms with Crippen molar-refractivity contribution < 1.29 is 4.39 Å². The topological polar surface area (TPSA) is 0 Å². The van der Waals surface area contributed by atoms with E-state index in [9.17, 15) is 4.39 Å². The van der Waals surface area contributed by atoms with Crippen molar-refractivity contribution in [3.05, 3.63) is 53.9 Å². The van der Waals surface area contributed by atoms with E-state index >= 15 is 0 Å². The lowest BCUT2D eigenvalue weighted by atomic mass is 10.1. The molecule has 0 spiro atoms. The highest BCUT2D eigenvalue weighted by Crippen LogP contribution is 2.18. The van der Waals surface area contributed by atoms with Crippen LogP contribution in [0.1, 0.15) is 18.9 Å². The zero-order valence-electron chi connectivity index (χ0n) is 8.70. The van der Waals surface area contributed by atoms with Gasteiger partial charge in [-0.3, -0.25) is 0 Å². The molecule has 0 radical (unpaired) electrons. The van der Waals surface area contributed by atoms with E-state index < -0.39 is 0 Å². The Balaban J connectivity index is 2.47. The van der Waals surface area contributed by atoms with Crippen LogP contribution in [0.25, 0.3) is 16.8 Å². The van der Waals surface area contributed by atoms with Gasteiger partial charge in [-0.1, -0.05) is 43.3 Å². The number of benzene rings is 2. The van der Waals surface area contributed by atoms with Gasteiger partial charge in [0, 0.05) is 0 Å². The number of rotatable bonds is 2. The second kappa shape index (κ2) is 4.26. The van der Waals surface area contributed by atoms with E-state index in [2.05, 4.69) is 6.07 Å². The first-order chi connectivity index (χ1) is 7.29.